The van der Waals surface area contributed by atoms with E-state index in [-0.39, 0.29) is 25.3 Å². The van der Waals surface area contributed by atoms with E-state index in [1.165, 1.54) is 35.2 Å². The number of alkyl halides is 5. The van der Waals surface area contributed by atoms with E-state index in [0.29, 0.717) is 24.3 Å². The van der Waals surface area contributed by atoms with Crippen molar-refractivity contribution in [1.29, 1.82) is 0 Å². The Kier molecular flexibility index (Phi) is 7.72. The average molecular weight is 472 g/mol. The number of carbonyl (C=O) groups excluding carboxylic acids is 2. The molecule has 0 saturated carbocycles. The number of hydrogen-bond donors (Lipinski definition) is 0. The smallest absolute Gasteiger partial charge is 0.416 e. The molecule has 1 saturated heterocycles. The van der Waals surface area contributed by atoms with Crippen molar-refractivity contribution in [1.82, 2.24) is 4.90 Å². The minimum atomic E-state index is -4.43. The largest absolute Gasteiger partial charge is 0.455 e. The van der Waals surface area contributed by atoms with Gasteiger partial charge in [0.15, 0.2) is 6.61 Å². The van der Waals surface area contributed by atoms with E-state index in [2.05, 4.69) is 4.74 Å². The standard InChI is InChI=1S/C22H21F5N2O4/c23-21(24)33-18-6-4-15(5-7-18)12-20(31)32-14-19(30)29-10-8-28(9-11-29)17-3-1-2-16(13-17)22(25,26)27/h1-7,13,21H,8-12,14H2. The third kappa shape index (κ3) is 7.06. The van der Waals surface area contributed by atoms with E-state index >= 15 is 0 Å². The summed E-state index contributed by atoms with van der Waals surface area (Å²) in [5, 5.41) is 0. The van der Waals surface area contributed by atoms with Crippen molar-refractivity contribution in [2.24, 2.45) is 0 Å². The van der Waals surface area contributed by atoms with E-state index in [1.807, 2.05) is 0 Å². The number of carbonyl (C=O) groups is 2. The maximum atomic E-state index is 12.9. The lowest BCUT2D eigenvalue weighted by Gasteiger charge is -2.36. The van der Waals surface area contributed by atoms with E-state index < -0.39 is 36.8 Å². The van der Waals surface area contributed by atoms with Gasteiger partial charge in [-0.15, -0.1) is 0 Å². The van der Waals surface area contributed by atoms with E-state index in [1.54, 1.807) is 11.0 Å². The molecule has 3 rings (SSSR count). The Balaban J connectivity index is 1.43. The molecule has 11 heteroatoms. The summed E-state index contributed by atoms with van der Waals surface area (Å²) in [4.78, 5) is 27.5. The fourth-order valence-corrected chi connectivity index (χ4v) is 3.33. The molecule has 0 aliphatic carbocycles. The van der Waals surface area contributed by atoms with Gasteiger partial charge < -0.3 is 19.3 Å². The lowest BCUT2D eigenvalue weighted by molar-refractivity contribution is -0.151. The zero-order valence-corrected chi connectivity index (χ0v) is 17.4. The summed E-state index contributed by atoms with van der Waals surface area (Å²) in [5.74, 6) is -1.11. The van der Waals surface area contributed by atoms with Gasteiger partial charge in [-0.05, 0) is 35.9 Å². The number of rotatable bonds is 7. The van der Waals surface area contributed by atoms with Crippen LogP contribution < -0.4 is 9.64 Å². The Morgan fingerprint density at radius 1 is 0.970 bits per heavy atom. The molecule has 2 aromatic rings. The number of nitrogens with zero attached hydrogens (tertiary/aromatic N) is 2. The van der Waals surface area contributed by atoms with Crippen LogP contribution in [0.2, 0.25) is 0 Å². The van der Waals surface area contributed by atoms with Gasteiger partial charge in [-0.25, -0.2) is 0 Å². The Bertz CT molecular complexity index is 958. The van der Waals surface area contributed by atoms with Crippen LogP contribution in [0.5, 0.6) is 5.75 Å². The molecule has 0 aromatic heterocycles. The lowest BCUT2D eigenvalue weighted by atomic mass is 10.1. The second-order valence-electron chi connectivity index (χ2n) is 7.28. The second-order valence-corrected chi connectivity index (χ2v) is 7.28. The third-order valence-corrected chi connectivity index (χ3v) is 5.02. The summed E-state index contributed by atoms with van der Waals surface area (Å²) < 4.78 is 72.3. The fraction of sp³-hybridized carbons (Fsp3) is 0.364. The average Bonchev–Trinajstić information content (AvgIpc) is 2.78. The van der Waals surface area contributed by atoms with Crippen LogP contribution in [-0.2, 0) is 26.9 Å². The zero-order valence-electron chi connectivity index (χ0n) is 17.4. The number of hydrogen-bond acceptors (Lipinski definition) is 5. The second kappa shape index (κ2) is 10.5. The molecule has 1 amide bonds. The predicted molar refractivity (Wildman–Crippen MR) is 108 cm³/mol. The highest BCUT2D eigenvalue weighted by Gasteiger charge is 2.31. The summed E-state index contributed by atoms with van der Waals surface area (Å²) >= 11 is 0. The van der Waals surface area contributed by atoms with E-state index in [9.17, 15) is 31.5 Å². The van der Waals surface area contributed by atoms with E-state index in [0.717, 1.165) is 12.1 Å². The predicted octanol–water partition coefficient (Wildman–Crippen LogP) is 3.74. The highest BCUT2D eigenvalue weighted by atomic mass is 19.4. The zero-order chi connectivity index (χ0) is 24.0. The van der Waals surface area contributed by atoms with Gasteiger partial charge >= 0.3 is 18.8 Å². The minimum absolute atomic E-state index is 0.0402. The maximum absolute atomic E-state index is 12.9. The monoisotopic (exact) mass is 472 g/mol. The molecule has 2 aromatic carbocycles. The Labute approximate surface area is 186 Å². The molecule has 0 spiro atoms. The SMILES string of the molecule is O=C(Cc1ccc(OC(F)F)cc1)OCC(=O)N1CCN(c2cccc(C(F)(F)F)c2)CC1. The number of ether oxygens (including phenoxy) is 2. The lowest BCUT2D eigenvalue weighted by Crippen LogP contribution is -2.50. The molecule has 0 radical (unpaired) electrons. The summed E-state index contributed by atoms with van der Waals surface area (Å²) in [6.07, 6.45) is -4.58. The molecule has 1 aliphatic heterocycles. The molecule has 0 N–H and O–H groups in total. The Morgan fingerprint density at radius 2 is 1.64 bits per heavy atom. The fourth-order valence-electron chi connectivity index (χ4n) is 3.33. The van der Waals surface area contributed by atoms with Gasteiger partial charge in [0.2, 0.25) is 0 Å². The molecular formula is C22H21F5N2O4. The number of halogens is 5. The summed E-state index contributed by atoms with van der Waals surface area (Å²) in [7, 11) is 0. The van der Waals surface area contributed by atoms with Gasteiger partial charge in [0.1, 0.15) is 5.75 Å². The van der Waals surface area contributed by atoms with Crippen molar-refractivity contribution in [3.05, 3.63) is 59.7 Å². The molecular weight excluding hydrogens is 451 g/mol. The van der Waals surface area contributed by atoms with Gasteiger partial charge in [0.05, 0.1) is 12.0 Å². The van der Waals surface area contributed by atoms with Crippen LogP contribution in [0.25, 0.3) is 0 Å². The van der Waals surface area contributed by atoms with Crippen molar-refractivity contribution < 1.29 is 41.0 Å². The first-order valence-corrected chi connectivity index (χ1v) is 10.0. The molecule has 1 fully saturated rings. The van der Waals surface area contributed by atoms with Crippen molar-refractivity contribution in [2.75, 3.05) is 37.7 Å². The normalized spacial score (nSPS) is 14.4. The van der Waals surface area contributed by atoms with Gasteiger partial charge in [0.25, 0.3) is 5.91 Å². The number of anilines is 1. The summed E-state index contributed by atoms with van der Waals surface area (Å²) in [5.41, 5.74) is 0.193. The van der Waals surface area contributed by atoms with Crippen LogP contribution in [0.4, 0.5) is 27.6 Å². The number of piperazine rings is 1. The van der Waals surface area contributed by atoms with Crippen molar-refractivity contribution in [3.8, 4) is 5.75 Å². The minimum Gasteiger partial charge on any atom is -0.455 e. The first-order valence-electron chi connectivity index (χ1n) is 10.0. The molecule has 33 heavy (non-hydrogen) atoms. The quantitative estimate of drug-likeness (QED) is 0.454. The van der Waals surface area contributed by atoms with Crippen LogP contribution in [0.1, 0.15) is 11.1 Å². The third-order valence-electron chi connectivity index (χ3n) is 5.02. The first-order chi connectivity index (χ1) is 15.6. The summed E-state index contributed by atoms with van der Waals surface area (Å²) in [6, 6.07) is 10.5. The number of esters is 1. The maximum Gasteiger partial charge on any atom is 0.416 e. The van der Waals surface area contributed by atoms with Crippen molar-refractivity contribution in [2.45, 2.75) is 19.2 Å². The van der Waals surface area contributed by atoms with Crippen LogP contribution in [0, 0.1) is 0 Å². The molecule has 0 bridgehead atoms. The molecule has 1 heterocycles. The molecule has 178 valence electrons. The number of benzene rings is 2. The highest BCUT2D eigenvalue weighted by Crippen LogP contribution is 2.31. The Hall–Kier alpha value is -3.37. The van der Waals surface area contributed by atoms with Crippen LogP contribution in [-0.4, -0.2) is 56.2 Å². The van der Waals surface area contributed by atoms with Crippen LogP contribution in [0.15, 0.2) is 48.5 Å². The van der Waals surface area contributed by atoms with Crippen molar-refractivity contribution >= 4 is 17.6 Å². The van der Waals surface area contributed by atoms with Gasteiger partial charge in [-0.2, -0.15) is 22.0 Å². The first kappa shape index (κ1) is 24.3. The Morgan fingerprint density at radius 3 is 2.24 bits per heavy atom. The van der Waals surface area contributed by atoms with Crippen LogP contribution in [0.3, 0.4) is 0 Å². The van der Waals surface area contributed by atoms with Gasteiger partial charge in [-0.3, -0.25) is 9.59 Å². The van der Waals surface area contributed by atoms with Crippen molar-refractivity contribution in [3.63, 3.8) is 0 Å². The van der Waals surface area contributed by atoms with Gasteiger partial charge in [0, 0.05) is 31.9 Å². The number of amides is 1. The molecule has 0 unspecified atom stereocenters. The van der Waals surface area contributed by atoms with Crippen LogP contribution >= 0.6 is 0 Å². The summed E-state index contributed by atoms with van der Waals surface area (Å²) in [6.45, 7) is -2.17. The molecule has 0 atom stereocenters. The topological polar surface area (TPSA) is 59.1 Å². The molecule has 6 nitrogen and oxygen atoms in total. The van der Waals surface area contributed by atoms with E-state index in [4.69, 9.17) is 4.74 Å². The van der Waals surface area contributed by atoms with Gasteiger partial charge in [-0.1, -0.05) is 18.2 Å². The highest BCUT2D eigenvalue weighted by molar-refractivity contribution is 5.81. The molecule has 1 aliphatic rings.